The third kappa shape index (κ3) is 2.02. The van der Waals surface area contributed by atoms with Crippen molar-refractivity contribution in [3.63, 3.8) is 0 Å². The zero-order valence-electron chi connectivity index (χ0n) is 11.8. The van der Waals surface area contributed by atoms with E-state index in [1.165, 1.54) is 15.9 Å². The highest BCUT2D eigenvalue weighted by Gasteiger charge is 2.38. The van der Waals surface area contributed by atoms with Crippen LogP contribution in [0.2, 0.25) is 6.55 Å². The molecule has 1 nitrogen and oxygen atoms in total. The zero-order chi connectivity index (χ0) is 14.0. The summed E-state index contributed by atoms with van der Waals surface area (Å²) in [5.41, 5.74) is 1.24. The van der Waals surface area contributed by atoms with Crippen LogP contribution in [0.4, 0.5) is 0 Å². The minimum Gasteiger partial charge on any atom is -0.473 e. The second kappa shape index (κ2) is 5.14. The average molecular weight is 278 g/mol. The molecule has 0 fully saturated rings. The van der Waals surface area contributed by atoms with Gasteiger partial charge in [-0.25, -0.2) is 0 Å². The van der Waals surface area contributed by atoms with Crippen LogP contribution >= 0.6 is 0 Å². The van der Waals surface area contributed by atoms with Crippen LogP contribution in [0.5, 0.6) is 0 Å². The molecule has 1 heterocycles. The third-order valence-corrected chi connectivity index (χ3v) is 8.41. The van der Waals surface area contributed by atoms with E-state index in [0.29, 0.717) is 0 Å². The van der Waals surface area contributed by atoms with Crippen molar-refractivity contribution in [2.45, 2.75) is 13.5 Å². The van der Waals surface area contributed by atoms with Crippen LogP contribution in [0.15, 0.2) is 77.4 Å². The quantitative estimate of drug-likeness (QED) is 0.671. The van der Waals surface area contributed by atoms with Gasteiger partial charge in [0.05, 0.1) is 11.6 Å². The van der Waals surface area contributed by atoms with Gasteiger partial charge in [-0.2, -0.15) is 0 Å². The topological polar surface area (TPSA) is 13.1 Å². The number of aryl methyl sites for hydroxylation is 1. The van der Waals surface area contributed by atoms with Gasteiger partial charge < -0.3 is 4.42 Å². The lowest BCUT2D eigenvalue weighted by Crippen LogP contribution is -2.65. The molecule has 0 aliphatic carbocycles. The summed E-state index contributed by atoms with van der Waals surface area (Å²) in [7, 11) is -2.04. The van der Waals surface area contributed by atoms with Crippen molar-refractivity contribution >= 4 is 23.8 Å². The fourth-order valence-corrected chi connectivity index (χ4v) is 6.61. The Labute approximate surface area is 120 Å². The SMILES string of the molecule is Cc1ccoc1[Si](C)(c1ccccc1)c1ccccc1. The molecule has 20 heavy (non-hydrogen) atoms. The van der Waals surface area contributed by atoms with Crippen LogP contribution in [-0.4, -0.2) is 8.07 Å². The highest BCUT2D eigenvalue weighted by atomic mass is 28.3. The highest BCUT2D eigenvalue weighted by molar-refractivity contribution is 7.10. The highest BCUT2D eigenvalue weighted by Crippen LogP contribution is 2.10. The van der Waals surface area contributed by atoms with Gasteiger partial charge in [0.2, 0.25) is 0 Å². The number of hydrogen-bond donors (Lipinski definition) is 0. The van der Waals surface area contributed by atoms with Crippen LogP contribution in [0, 0.1) is 6.92 Å². The molecule has 0 unspecified atom stereocenters. The van der Waals surface area contributed by atoms with Crippen molar-refractivity contribution in [3.05, 3.63) is 78.6 Å². The Hall–Kier alpha value is -2.06. The summed E-state index contributed by atoms with van der Waals surface area (Å²) in [6.45, 7) is 4.50. The summed E-state index contributed by atoms with van der Waals surface area (Å²) in [6, 6.07) is 23.5. The molecular formula is C18H18OSi. The molecule has 3 rings (SSSR count). The summed E-state index contributed by atoms with van der Waals surface area (Å²) >= 11 is 0. The number of hydrogen-bond acceptors (Lipinski definition) is 1. The maximum atomic E-state index is 5.90. The molecule has 0 amide bonds. The Balaban J connectivity index is 2.27. The Morgan fingerprint density at radius 1 is 0.750 bits per heavy atom. The molecule has 2 heteroatoms. The molecule has 0 bridgehead atoms. The number of furan rings is 1. The summed E-state index contributed by atoms with van der Waals surface area (Å²) in [5.74, 6) is 0. The average Bonchev–Trinajstić information content (AvgIpc) is 2.95. The standard InChI is InChI=1S/C18H18OSi/c1-15-13-14-19-18(15)20(2,16-9-5-3-6-10-16)17-11-7-4-8-12-17/h3-14H,1-2H3. The predicted molar refractivity (Wildman–Crippen MR) is 86.8 cm³/mol. The lowest BCUT2D eigenvalue weighted by atomic mass is 10.4. The Morgan fingerprint density at radius 2 is 1.25 bits per heavy atom. The maximum absolute atomic E-state index is 5.90. The molecule has 1 aromatic heterocycles. The lowest BCUT2D eigenvalue weighted by molar-refractivity contribution is 0.597. The predicted octanol–water partition coefficient (Wildman–Crippen LogP) is 2.69. The normalized spacial score (nSPS) is 11.5. The minimum absolute atomic E-state index is 1.15. The second-order valence-electron chi connectivity index (χ2n) is 5.29. The molecule has 0 saturated carbocycles. The van der Waals surface area contributed by atoms with Crippen LogP contribution in [0.25, 0.3) is 0 Å². The van der Waals surface area contributed by atoms with Crippen molar-refractivity contribution in [1.82, 2.24) is 0 Å². The first-order valence-electron chi connectivity index (χ1n) is 6.88. The van der Waals surface area contributed by atoms with Crippen molar-refractivity contribution in [2.75, 3.05) is 0 Å². The number of benzene rings is 2. The fourth-order valence-electron chi connectivity index (χ4n) is 2.86. The van der Waals surface area contributed by atoms with Gasteiger partial charge in [0.1, 0.15) is 0 Å². The third-order valence-electron chi connectivity index (χ3n) is 4.02. The smallest absolute Gasteiger partial charge is 0.190 e. The zero-order valence-corrected chi connectivity index (χ0v) is 12.8. The Kier molecular flexibility index (Phi) is 3.33. The van der Waals surface area contributed by atoms with Gasteiger partial charge in [0.25, 0.3) is 0 Å². The molecule has 2 aromatic carbocycles. The Morgan fingerprint density at radius 3 is 1.65 bits per heavy atom. The van der Waals surface area contributed by atoms with Crippen molar-refractivity contribution in [1.29, 1.82) is 0 Å². The summed E-state index contributed by atoms with van der Waals surface area (Å²) in [6.07, 6.45) is 1.81. The molecular weight excluding hydrogens is 260 g/mol. The van der Waals surface area contributed by atoms with Crippen LogP contribution in [0.1, 0.15) is 5.56 Å². The van der Waals surface area contributed by atoms with Crippen molar-refractivity contribution in [3.8, 4) is 0 Å². The van der Waals surface area contributed by atoms with Crippen molar-refractivity contribution in [2.24, 2.45) is 0 Å². The largest absolute Gasteiger partial charge is 0.473 e. The van der Waals surface area contributed by atoms with Gasteiger partial charge in [-0.3, -0.25) is 0 Å². The second-order valence-corrected chi connectivity index (χ2v) is 9.15. The first-order chi connectivity index (χ1) is 9.73. The monoisotopic (exact) mass is 278 g/mol. The first-order valence-corrected chi connectivity index (χ1v) is 9.38. The summed E-state index contributed by atoms with van der Waals surface area (Å²) in [5, 5.41) is 3.91. The van der Waals surface area contributed by atoms with Crippen LogP contribution in [0.3, 0.4) is 0 Å². The number of rotatable bonds is 3. The lowest BCUT2D eigenvalue weighted by Gasteiger charge is -2.27. The molecule has 100 valence electrons. The first kappa shape index (κ1) is 12.9. The molecule has 0 spiro atoms. The molecule has 0 atom stereocenters. The van der Waals surface area contributed by atoms with Gasteiger partial charge in [-0.15, -0.1) is 0 Å². The summed E-state index contributed by atoms with van der Waals surface area (Å²) in [4.78, 5) is 0. The van der Waals surface area contributed by atoms with E-state index in [4.69, 9.17) is 4.42 Å². The molecule has 0 saturated heterocycles. The van der Waals surface area contributed by atoms with Crippen molar-refractivity contribution < 1.29 is 4.42 Å². The van der Waals surface area contributed by atoms with E-state index in [2.05, 4.69) is 80.2 Å². The minimum atomic E-state index is -2.04. The summed E-state index contributed by atoms with van der Waals surface area (Å²) < 4.78 is 5.90. The Bertz CT molecular complexity index is 646. The van der Waals surface area contributed by atoms with Gasteiger partial charge in [0.15, 0.2) is 8.07 Å². The van der Waals surface area contributed by atoms with E-state index >= 15 is 0 Å². The molecule has 0 N–H and O–H groups in total. The fraction of sp³-hybridized carbons (Fsp3) is 0.111. The van der Waals surface area contributed by atoms with Crippen LogP contribution in [-0.2, 0) is 0 Å². The van der Waals surface area contributed by atoms with Gasteiger partial charge in [0, 0.05) is 0 Å². The van der Waals surface area contributed by atoms with Gasteiger partial charge in [-0.05, 0) is 28.9 Å². The molecule has 0 radical (unpaired) electrons. The van der Waals surface area contributed by atoms with E-state index in [-0.39, 0.29) is 0 Å². The van der Waals surface area contributed by atoms with Crippen LogP contribution < -0.4 is 15.8 Å². The van der Waals surface area contributed by atoms with Gasteiger partial charge in [-0.1, -0.05) is 67.2 Å². The molecule has 3 aromatic rings. The van der Waals surface area contributed by atoms with Gasteiger partial charge >= 0.3 is 0 Å². The molecule has 0 aliphatic heterocycles. The maximum Gasteiger partial charge on any atom is 0.190 e. The van der Waals surface area contributed by atoms with E-state index in [1.54, 1.807) is 0 Å². The molecule has 0 aliphatic rings. The van der Waals surface area contributed by atoms with E-state index in [9.17, 15) is 0 Å². The van der Waals surface area contributed by atoms with E-state index in [1.807, 2.05) is 6.26 Å². The van der Waals surface area contributed by atoms with E-state index in [0.717, 1.165) is 5.38 Å². The van der Waals surface area contributed by atoms with E-state index < -0.39 is 8.07 Å².